The zero-order valence-corrected chi connectivity index (χ0v) is 16.3. The van der Waals surface area contributed by atoms with Gasteiger partial charge in [0.25, 0.3) is 5.91 Å². The lowest BCUT2D eigenvalue weighted by Crippen LogP contribution is -2.27. The highest BCUT2D eigenvalue weighted by atomic mass is 35.5. The van der Waals surface area contributed by atoms with Crippen molar-refractivity contribution in [3.63, 3.8) is 0 Å². The van der Waals surface area contributed by atoms with Crippen molar-refractivity contribution in [1.82, 2.24) is 9.21 Å². The second-order valence-corrected chi connectivity index (χ2v) is 9.15. The Hall–Kier alpha value is -1.41. The van der Waals surface area contributed by atoms with Crippen LogP contribution in [0.15, 0.2) is 34.5 Å². The minimum absolute atomic E-state index is 0.0688. The van der Waals surface area contributed by atoms with Crippen molar-refractivity contribution in [3.8, 4) is 0 Å². The number of carbonyl (C=O) groups excluding carboxylic acids is 1. The molecule has 24 heavy (non-hydrogen) atoms. The fraction of sp³-hybridized carbons (Fsp3) is 0.312. The summed E-state index contributed by atoms with van der Waals surface area (Å²) in [7, 11) is 0.822. The summed E-state index contributed by atoms with van der Waals surface area (Å²) in [6.07, 6.45) is 0. The number of benzene rings is 1. The standard InChI is InChI=1S/C16H19ClN2O3S2/c1-11-7-8-23-14(11)10-19(4)16(20)12-5-6-13(17)15(9-12)24(21,22)18(2)3/h5-9H,10H2,1-4H3. The Bertz CT molecular complexity index is 860. The number of hydrogen-bond acceptors (Lipinski definition) is 4. The van der Waals surface area contributed by atoms with Gasteiger partial charge in [0.15, 0.2) is 0 Å². The largest absolute Gasteiger partial charge is 0.337 e. The van der Waals surface area contributed by atoms with Crippen molar-refractivity contribution in [2.75, 3.05) is 21.1 Å². The molecule has 1 aromatic carbocycles. The minimum Gasteiger partial charge on any atom is -0.337 e. The molecule has 0 saturated carbocycles. The Kier molecular flexibility index (Phi) is 5.70. The number of nitrogens with zero attached hydrogens (tertiary/aromatic N) is 2. The average Bonchev–Trinajstić information content (AvgIpc) is 2.91. The molecule has 0 radical (unpaired) electrons. The fourth-order valence-corrected chi connectivity index (χ4v) is 4.46. The van der Waals surface area contributed by atoms with Crippen molar-refractivity contribution < 1.29 is 13.2 Å². The van der Waals surface area contributed by atoms with Crippen LogP contribution in [0.3, 0.4) is 0 Å². The van der Waals surface area contributed by atoms with E-state index in [0.29, 0.717) is 6.54 Å². The van der Waals surface area contributed by atoms with E-state index in [4.69, 9.17) is 11.6 Å². The molecule has 0 aliphatic carbocycles. The van der Waals surface area contributed by atoms with Gasteiger partial charge in [-0.3, -0.25) is 4.79 Å². The van der Waals surface area contributed by atoms with Crippen LogP contribution in [0.5, 0.6) is 0 Å². The third-order valence-corrected chi connectivity index (χ3v) is 6.94. The maximum atomic E-state index is 12.6. The molecule has 0 unspecified atom stereocenters. The molecular formula is C16H19ClN2O3S2. The third-order valence-electron chi connectivity index (χ3n) is 3.63. The number of rotatable bonds is 5. The van der Waals surface area contributed by atoms with Crippen LogP contribution in [0, 0.1) is 6.92 Å². The number of halogens is 1. The van der Waals surface area contributed by atoms with Crippen LogP contribution < -0.4 is 0 Å². The second-order valence-electron chi connectivity index (χ2n) is 5.62. The van der Waals surface area contributed by atoms with E-state index >= 15 is 0 Å². The van der Waals surface area contributed by atoms with E-state index in [1.807, 2.05) is 18.4 Å². The van der Waals surface area contributed by atoms with E-state index in [1.165, 1.54) is 32.3 Å². The molecule has 1 heterocycles. The molecule has 0 fully saturated rings. The summed E-state index contributed by atoms with van der Waals surface area (Å²) in [5.41, 5.74) is 1.42. The van der Waals surface area contributed by atoms with Gasteiger partial charge in [0.2, 0.25) is 10.0 Å². The van der Waals surface area contributed by atoms with Crippen molar-refractivity contribution in [2.45, 2.75) is 18.4 Å². The van der Waals surface area contributed by atoms with Crippen molar-refractivity contribution in [3.05, 3.63) is 50.7 Å². The molecule has 1 aromatic heterocycles. The summed E-state index contributed by atoms with van der Waals surface area (Å²) >= 11 is 7.60. The topological polar surface area (TPSA) is 57.7 Å². The lowest BCUT2D eigenvalue weighted by Gasteiger charge is -2.18. The van der Waals surface area contributed by atoms with E-state index in [0.717, 1.165) is 14.7 Å². The maximum absolute atomic E-state index is 12.6. The van der Waals surface area contributed by atoms with Crippen LogP contribution in [-0.4, -0.2) is 44.7 Å². The molecular weight excluding hydrogens is 368 g/mol. The fourth-order valence-electron chi connectivity index (χ4n) is 2.10. The molecule has 2 aromatic rings. The van der Waals surface area contributed by atoms with Gasteiger partial charge in [-0.25, -0.2) is 12.7 Å². The molecule has 8 heteroatoms. The summed E-state index contributed by atoms with van der Waals surface area (Å²) < 4.78 is 25.7. The van der Waals surface area contributed by atoms with E-state index < -0.39 is 10.0 Å². The van der Waals surface area contributed by atoms with Gasteiger partial charge in [-0.1, -0.05) is 11.6 Å². The molecule has 0 N–H and O–H groups in total. The first kappa shape index (κ1) is 18.9. The number of thiophene rings is 1. The summed E-state index contributed by atoms with van der Waals surface area (Å²) in [4.78, 5) is 15.2. The Morgan fingerprint density at radius 3 is 2.42 bits per heavy atom. The molecule has 0 aliphatic heterocycles. The van der Waals surface area contributed by atoms with Crippen LogP contribution in [0.2, 0.25) is 5.02 Å². The predicted molar refractivity (Wildman–Crippen MR) is 97.2 cm³/mol. The van der Waals surface area contributed by atoms with Gasteiger partial charge in [-0.2, -0.15) is 0 Å². The van der Waals surface area contributed by atoms with Crippen molar-refractivity contribution >= 4 is 38.9 Å². The quantitative estimate of drug-likeness (QED) is 0.792. The first-order valence-electron chi connectivity index (χ1n) is 7.15. The number of amides is 1. The van der Waals surface area contributed by atoms with Gasteiger partial charge in [0.05, 0.1) is 11.6 Å². The summed E-state index contributed by atoms with van der Waals surface area (Å²) in [6, 6.07) is 6.31. The second kappa shape index (κ2) is 7.23. The molecule has 0 aliphatic rings. The van der Waals surface area contributed by atoms with Crippen LogP contribution in [0.1, 0.15) is 20.8 Å². The molecule has 0 spiro atoms. The summed E-state index contributed by atoms with van der Waals surface area (Å²) in [5.74, 6) is -0.255. The molecule has 0 saturated heterocycles. The number of hydrogen-bond donors (Lipinski definition) is 0. The van der Waals surface area contributed by atoms with Crippen LogP contribution in [-0.2, 0) is 16.6 Å². The zero-order chi connectivity index (χ0) is 18.1. The average molecular weight is 387 g/mol. The first-order valence-corrected chi connectivity index (χ1v) is 9.85. The number of aryl methyl sites for hydroxylation is 1. The summed E-state index contributed by atoms with van der Waals surface area (Å²) in [6.45, 7) is 2.47. The van der Waals surface area contributed by atoms with Gasteiger partial charge in [0.1, 0.15) is 4.90 Å². The molecule has 130 valence electrons. The molecule has 0 atom stereocenters. The Labute approximate surface area is 151 Å². The van der Waals surface area contributed by atoms with Gasteiger partial charge < -0.3 is 4.90 Å². The smallest absolute Gasteiger partial charge is 0.253 e. The van der Waals surface area contributed by atoms with Gasteiger partial charge in [0, 0.05) is 31.6 Å². The van der Waals surface area contributed by atoms with Gasteiger partial charge in [-0.05, 0) is 42.1 Å². The normalized spacial score (nSPS) is 11.8. The molecule has 1 amide bonds. The third kappa shape index (κ3) is 3.80. The highest BCUT2D eigenvalue weighted by Crippen LogP contribution is 2.26. The lowest BCUT2D eigenvalue weighted by atomic mass is 10.2. The van der Waals surface area contributed by atoms with Crippen molar-refractivity contribution in [2.24, 2.45) is 0 Å². The van der Waals surface area contributed by atoms with E-state index in [2.05, 4.69) is 0 Å². The lowest BCUT2D eigenvalue weighted by molar-refractivity contribution is 0.0786. The highest BCUT2D eigenvalue weighted by Gasteiger charge is 2.23. The Morgan fingerprint density at radius 2 is 1.88 bits per heavy atom. The molecule has 0 bridgehead atoms. The maximum Gasteiger partial charge on any atom is 0.253 e. The monoisotopic (exact) mass is 386 g/mol. The first-order chi connectivity index (χ1) is 11.1. The Balaban J connectivity index is 2.32. The zero-order valence-electron chi connectivity index (χ0n) is 13.9. The van der Waals surface area contributed by atoms with Gasteiger partial charge in [-0.15, -0.1) is 11.3 Å². The van der Waals surface area contributed by atoms with E-state index in [9.17, 15) is 13.2 Å². The predicted octanol–water partition coefficient (Wildman–Crippen LogP) is 3.23. The number of sulfonamides is 1. The van der Waals surface area contributed by atoms with Crippen LogP contribution in [0.25, 0.3) is 0 Å². The van der Waals surface area contributed by atoms with Crippen molar-refractivity contribution in [1.29, 1.82) is 0 Å². The van der Waals surface area contributed by atoms with E-state index in [1.54, 1.807) is 23.3 Å². The van der Waals surface area contributed by atoms with Crippen LogP contribution in [0.4, 0.5) is 0 Å². The molecule has 5 nitrogen and oxygen atoms in total. The molecule has 2 rings (SSSR count). The van der Waals surface area contributed by atoms with Gasteiger partial charge >= 0.3 is 0 Å². The Morgan fingerprint density at radius 1 is 1.21 bits per heavy atom. The number of carbonyl (C=O) groups is 1. The summed E-state index contributed by atoms with van der Waals surface area (Å²) in [5, 5.41) is 2.07. The SMILES string of the molecule is Cc1ccsc1CN(C)C(=O)c1ccc(Cl)c(S(=O)(=O)N(C)C)c1. The van der Waals surface area contributed by atoms with E-state index in [-0.39, 0.29) is 21.4 Å². The van der Waals surface area contributed by atoms with Crippen LogP contribution >= 0.6 is 22.9 Å². The highest BCUT2D eigenvalue weighted by molar-refractivity contribution is 7.89. The minimum atomic E-state index is -3.71.